The number of carbonyl (C=O) groups excluding carboxylic acids is 2. The van der Waals surface area contributed by atoms with Gasteiger partial charge in [0.15, 0.2) is 0 Å². The van der Waals surface area contributed by atoms with Crippen molar-refractivity contribution in [3.8, 4) is 0 Å². The molecule has 32 heavy (non-hydrogen) atoms. The molecule has 1 unspecified atom stereocenters. The van der Waals surface area contributed by atoms with Crippen LogP contribution >= 0.6 is 0 Å². The number of ether oxygens (including phenoxy) is 2. The Morgan fingerprint density at radius 1 is 1.16 bits per heavy atom. The Hall–Kier alpha value is -0.940. The molecule has 0 aromatic carbocycles. The Kier molecular flexibility index (Phi) is 5.02. The van der Waals surface area contributed by atoms with Crippen molar-refractivity contribution >= 4 is 11.8 Å². The zero-order valence-electron chi connectivity index (χ0n) is 20.8. The number of hydrogen-bond acceptors (Lipinski definition) is 5. The van der Waals surface area contributed by atoms with E-state index in [1.165, 1.54) is 26.2 Å². The van der Waals surface area contributed by atoms with Crippen LogP contribution in [0.2, 0.25) is 0 Å². The average Bonchev–Trinajstić information content (AvgIpc) is 2.84. The molecule has 180 valence electrons. The summed E-state index contributed by atoms with van der Waals surface area (Å²) in [6.45, 7) is 13.0. The van der Waals surface area contributed by atoms with E-state index in [2.05, 4.69) is 27.7 Å². The van der Waals surface area contributed by atoms with Crippen LogP contribution in [0.25, 0.3) is 0 Å². The highest BCUT2D eigenvalue weighted by molar-refractivity contribution is 5.83. The summed E-state index contributed by atoms with van der Waals surface area (Å²) in [5, 5.41) is 11.0. The highest BCUT2D eigenvalue weighted by Gasteiger charge is 2.69. The first kappa shape index (κ1) is 22.8. The fourth-order valence-electron chi connectivity index (χ4n) is 10.00. The molecule has 1 aliphatic heterocycles. The van der Waals surface area contributed by atoms with Gasteiger partial charge in [-0.3, -0.25) is 9.59 Å². The smallest absolute Gasteiger partial charge is 0.302 e. The summed E-state index contributed by atoms with van der Waals surface area (Å²) in [6.07, 6.45) is 6.68. The SMILES string of the molecule is CC(=O)O[C@@H]1C[C@@]2(C)C[C@@]3(CC[C@@H]2[C@@]2(C)CCCC(C)(C)[C@H]12)OC1[C@H](C)C(=O)C[C@H]3[C@@H]1O. The maximum Gasteiger partial charge on any atom is 0.302 e. The van der Waals surface area contributed by atoms with Gasteiger partial charge in [-0.05, 0) is 60.7 Å². The maximum atomic E-state index is 12.6. The zero-order chi connectivity index (χ0) is 23.3. The summed E-state index contributed by atoms with van der Waals surface area (Å²) in [6, 6.07) is 0. The Morgan fingerprint density at radius 2 is 1.88 bits per heavy atom. The van der Waals surface area contributed by atoms with Gasteiger partial charge in [-0.1, -0.05) is 41.0 Å². The molecule has 0 radical (unpaired) electrons. The predicted molar refractivity (Wildman–Crippen MR) is 121 cm³/mol. The fraction of sp³-hybridized carbons (Fsp3) is 0.926. The number of Topliss-reactive ketones (excluding diaryl/α,β-unsaturated/α-hetero) is 1. The van der Waals surface area contributed by atoms with Crippen LogP contribution in [0.4, 0.5) is 0 Å². The van der Waals surface area contributed by atoms with Crippen LogP contribution in [0.5, 0.6) is 0 Å². The summed E-state index contributed by atoms with van der Waals surface area (Å²) < 4.78 is 12.8. The lowest BCUT2D eigenvalue weighted by Crippen LogP contribution is -2.64. The number of esters is 1. The monoisotopic (exact) mass is 446 g/mol. The van der Waals surface area contributed by atoms with Gasteiger partial charge in [0.05, 0.1) is 17.8 Å². The lowest BCUT2D eigenvalue weighted by atomic mass is 9.39. The highest BCUT2D eigenvalue weighted by Crippen LogP contribution is 2.70. The van der Waals surface area contributed by atoms with Gasteiger partial charge < -0.3 is 14.6 Å². The van der Waals surface area contributed by atoms with Gasteiger partial charge in [0.1, 0.15) is 11.9 Å². The third-order valence-corrected chi connectivity index (χ3v) is 10.9. The minimum atomic E-state index is -0.548. The van der Waals surface area contributed by atoms with Gasteiger partial charge in [-0.25, -0.2) is 0 Å². The Balaban J connectivity index is 1.52. The number of carbonyl (C=O) groups is 2. The molecule has 5 aliphatic rings. The molecular weight excluding hydrogens is 404 g/mol. The van der Waals surface area contributed by atoms with Crippen molar-refractivity contribution in [2.75, 3.05) is 0 Å². The second kappa shape index (κ2) is 7.04. The fourth-order valence-corrected chi connectivity index (χ4v) is 10.00. The summed E-state index contributed by atoms with van der Waals surface area (Å²) in [4.78, 5) is 24.8. The largest absolute Gasteiger partial charge is 0.462 e. The minimum Gasteiger partial charge on any atom is -0.462 e. The molecule has 5 heteroatoms. The van der Waals surface area contributed by atoms with E-state index in [4.69, 9.17) is 9.47 Å². The van der Waals surface area contributed by atoms with Crippen LogP contribution < -0.4 is 0 Å². The van der Waals surface area contributed by atoms with Gasteiger partial charge in [0.2, 0.25) is 0 Å². The topological polar surface area (TPSA) is 72.8 Å². The molecule has 1 N–H and O–H groups in total. The number of aliphatic hydroxyl groups excluding tert-OH is 1. The molecule has 10 atom stereocenters. The molecule has 5 fully saturated rings. The van der Waals surface area contributed by atoms with Gasteiger partial charge in [0.25, 0.3) is 0 Å². The molecule has 4 saturated carbocycles. The molecule has 1 spiro atoms. The minimum absolute atomic E-state index is 0.0411. The molecule has 5 rings (SSSR count). The summed E-state index contributed by atoms with van der Waals surface area (Å²) >= 11 is 0. The zero-order valence-corrected chi connectivity index (χ0v) is 20.8. The van der Waals surface area contributed by atoms with Gasteiger partial charge in [0, 0.05) is 31.1 Å². The molecular formula is C27H42O5. The number of hydrogen-bond donors (Lipinski definition) is 1. The standard InChI is InChI=1S/C27H42O5/c1-15-18(29)12-17-21(30)22(15)32-27(17)11-8-20-25(5,14-27)13-19(31-16(2)28)23-24(3,4)9-7-10-26(20,23)6/h15,17,19-23,30H,7-14H2,1-6H3/t15-,17+,19-,20+,21+,22?,23+,25+,26-,27-/m1/s1. The van der Waals surface area contributed by atoms with Gasteiger partial charge in [-0.2, -0.15) is 0 Å². The van der Waals surface area contributed by atoms with Crippen molar-refractivity contribution in [1.82, 2.24) is 0 Å². The van der Waals surface area contributed by atoms with Crippen LogP contribution in [-0.2, 0) is 19.1 Å². The maximum absolute atomic E-state index is 12.6. The van der Waals surface area contributed by atoms with Crippen molar-refractivity contribution in [3.05, 3.63) is 0 Å². The lowest BCUT2D eigenvalue weighted by molar-refractivity contribution is -0.234. The number of ketones is 1. The van der Waals surface area contributed by atoms with E-state index in [0.29, 0.717) is 18.3 Å². The Bertz CT molecular complexity index is 821. The van der Waals surface area contributed by atoms with Crippen molar-refractivity contribution in [2.45, 2.75) is 117 Å². The quantitative estimate of drug-likeness (QED) is 0.592. The van der Waals surface area contributed by atoms with E-state index in [-0.39, 0.29) is 52.0 Å². The van der Waals surface area contributed by atoms with Crippen LogP contribution in [0, 0.1) is 39.9 Å². The lowest BCUT2D eigenvalue weighted by Gasteiger charge is -2.67. The molecule has 0 aromatic rings. The number of fused-ring (bicyclic) bond motifs is 6. The van der Waals surface area contributed by atoms with Crippen molar-refractivity contribution < 1.29 is 24.2 Å². The van der Waals surface area contributed by atoms with Gasteiger partial charge in [-0.15, -0.1) is 0 Å². The van der Waals surface area contributed by atoms with Crippen LogP contribution in [-0.4, -0.2) is 40.8 Å². The molecule has 0 amide bonds. The van der Waals surface area contributed by atoms with E-state index in [9.17, 15) is 14.7 Å². The average molecular weight is 447 g/mol. The van der Waals surface area contributed by atoms with Crippen LogP contribution in [0.1, 0.15) is 92.9 Å². The van der Waals surface area contributed by atoms with Crippen molar-refractivity contribution in [1.29, 1.82) is 0 Å². The first-order valence-corrected chi connectivity index (χ1v) is 12.9. The third kappa shape index (κ3) is 3.02. The highest BCUT2D eigenvalue weighted by atomic mass is 16.5. The predicted octanol–water partition coefficient (Wildman–Crippen LogP) is 4.68. The Labute approximate surface area is 193 Å². The Morgan fingerprint density at radius 3 is 2.56 bits per heavy atom. The molecule has 1 heterocycles. The summed E-state index contributed by atoms with van der Waals surface area (Å²) in [7, 11) is 0. The van der Waals surface area contributed by atoms with E-state index in [0.717, 1.165) is 25.7 Å². The van der Waals surface area contributed by atoms with Crippen molar-refractivity contribution in [3.63, 3.8) is 0 Å². The van der Waals surface area contributed by atoms with E-state index >= 15 is 0 Å². The van der Waals surface area contributed by atoms with Crippen LogP contribution in [0.15, 0.2) is 0 Å². The normalized spacial score (nSPS) is 54.1. The third-order valence-electron chi connectivity index (χ3n) is 10.9. The molecule has 2 bridgehead atoms. The molecule has 1 saturated heterocycles. The number of rotatable bonds is 1. The second-order valence-electron chi connectivity index (χ2n) is 13.3. The second-order valence-corrected chi connectivity index (χ2v) is 13.3. The first-order chi connectivity index (χ1) is 14.8. The summed E-state index contributed by atoms with van der Waals surface area (Å²) in [5.74, 6) is 0.606. The van der Waals surface area contributed by atoms with Gasteiger partial charge >= 0.3 is 5.97 Å². The van der Waals surface area contributed by atoms with Crippen molar-refractivity contribution in [2.24, 2.45) is 39.9 Å². The van der Waals surface area contributed by atoms with E-state index < -0.39 is 11.7 Å². The van der Waals surface area contributed by atoms with E-state index in [1.54, 1.807) is 0 Å². The summed E-state index contributed by atoms with van der Waals surface area (Å²) in [5.41, 5.74) is -0.210. The van der Waals surface area contributed by atoms with E-state index in [1.807, 2.05) is 6.92 Å². The number of aliphatic hydroxyl groups is 1. The van der Waals surface area contributed by atoms with Crippen LogP contribution in [0.3, 0.4) is 0 Å². The molecule has 0 aromatic heterocycles. The first-order valence-electron chi connectivity index (χ1n) is 12.9. The molecule has 5 nitrogen and oxygen atoms in total. The molecule has 4 aliphatic carbocycles.